The Morgan fingerprint density at radius 1 is 1.09 bits per heavy atom. The lowest BCUT2D eigenvalue weighted by Gasteiger charge is -2.03. The molecule has 0 aliphatic rings. The predicted molar refractivity (Wildman–Crippen MR) is 133 cm³/mol. The molecular formula is C25H24ClN7O2. The van der Waals surface area contributed by atoms with Crippen molar-refractivity contribution >= 4 is 28.5 Å². The number of pyridine rings is 1. The van der Waals surface area contributed by atoms with Gasteiger partial charge >= 0.3 is 0 Å². The number of fused-ring (bicyclic) bond motifs is 1. The fraction of sp³-hybridized carbons (Fsp3) is 0.200. The van der Waals surface area contributed by atoms with Gasteiger partial charge in [-0.2, -0.15) is 0 Å². The molecule has 0 spiro atoms. The number of aromatic nitrogens is 5. The van der Waals surface area contributed by atoms with Gasteiger partial charge in [-0.25, -0.2) is 9.97 Å². The average Bonchev–Trinajstić information content (AvgIpc) is 3.63. The molecule has 3 N–H and O–H groups in total. The maximum Gasteiger partial charge on any atom is 0.273 e. The van der Waals surface area contributed by atoms with Gasteiger partial charge in [0.15, 0.2) is 11.6 Å². The summed E-state index contributed by atoms with van der Waals surface area (Å²) in [6.07, 6.45) is 8.36. The Bertz CT molecular complexity index is 1420. The van der Waals surface area contributed by atoms with Crippen LogP contribution in [0.15, 0.2) is 71.7 Å². The minimum atomic E-state index is -0.334. The number of carbonyl (C=O) groups excluding carboxylic acids is 1. The number of amides is 1. The van der Waals surface area contributed by atoms with Crippen LogP contribution in [0.2, 0.25) is 5.02 Å². The smallest absolute Gasteiger partial charge is 0.273 e. The summed E-state index contributed by atoms with van der Waals surface area (Å²) >= 11 is 6.06. The molecule has 0 saturated heterocycles. The first-order chi connectivity index (χ1) is 17.2. The second-order valence-corrected chi connectivity index (χ2v) is 8.37. The Kier molecular flexibility index (Phi) is 6.87. The van der Waals surface area contributed by atoms with E-state index in [1.807, 2.05) is 30.6 Å². The predicted octanol–water partition coefficient (Wildman–Crippen LogP) is 3.69. The third-order valence-corrected chi connectivity index (χ3v) is 5.85. The zero-order chi connectivity index (χ0) is 24.0. The Morgan fingerprint density at radius 3 is 2.80 bits per heavy atom. The normalized spacial score (nSPS) is 11.2. The van der Waals surface area contributed by atoms with E-state index in [0.717, 1.165) is 35.5 Å². The van der Waals surface area contributed by atoms with Crippen LogP contribution in [0.5, 0.6) is 0 Å². The number of halogens is 1. The second-order valence-electron chi connectivity index (χ2n) is 7.97. The largest absolute Gasteiger partial charge is 0.448 e. The Hall–Kier alpha value is -3.95. The van der Waals surface area contributed by atoms with Gasteiger partial charge in [0.1, 0.15) is 12.1 Å². The molecular weight excluding hydrogens is 466 g/mol. The molecule has 0 fully saturated rings. The van der Waals surface area contributed by atoms with Crippen molar-refractivity contribution in [3.63, 3.8) is 0 Å². The Morgan fingerprint density at radius 2 is 1.94 bits per heavy atom. The van der Waals surface area contributed by atoms with Gasteiger partial charge in [0, 0.05) is 50.2 Å². The van der Waals surface area contributed by atoms with E-state index in [9.17, 15) is 4.79 Å². The van der Waals surface area contributed by atoms with E-state index in [-0.39, 0.29) is 18.1 Å². The van der Waals surface area contributed by atoms with E-state index < -0.39 is 0 Å². The first-order valence-electron chi connectivity index (χ1n) is 11.3. The molecule has 9 nitrogen and oxygen atoms in total. The van der Waals surface area contributed by atoms with Crippen molar-refractivity contribution in [1.29, 1.82) is 0 Å². The molecule has 5 rings (SSSR count). The summed E-state index contributed by atoms with van der Waals surface area (Å²) in [7, 11) is 0. The number of nitrogens with zero attached hydrogens (tertiary/aromatic N) is 4. The summed E-state index contributed by atoms with van der Waals surface area (Å²) in [6.45, 7) is 1.64. The lowest BCUT2D eigenvalue weighted by atomic mass is 10.3. The van der Waals surface area contributed by atoms with Gasteiger partial charge in [0.25, 0.3) is 5.91 Å². The highest BCUT2D eigenvalue weighted by atomic mass is 35.5. The highest BCUT2D eigenvalue weighted by Gasteiger charge is 2.13. The monoisotopic (exact) mass is 489 g/mol. The number of carbonyl (C=O) groups is 1. The molecule has 10 heteroatoms. The zero-order valence-corrected chi connectivity index (χ0v) is 19.6. The number of rotatable bonds is 10. The zero-order valence-electron chi connectivity index (χ0n) is 18.9. The van der Waals surface area contributed by atoms with Crippen LogP contribution in [-0.2, 0) is 19.4 Å². The van der Waals surface area contributed by atoms with Gasteiger partial charge in [-0.3, -0.25) is 9.78 Å². The summed E-state index contributed by atoms with van der Waals surface area (Å²) in [5.74, 6) is 1.10. The van der Waals surface area contributed by atoms with Crippen LogP contribution in [0.3, 0.4) is 0 Å². The maximum atomic E-state index is 12.3. The summed E-state index contributed by atoms with van der Waals surface area (Å²) in [6, 6.07) is 13.7. The van der Waals surface area contributed by atoms with E-state index in [1.165, 1.54) is 6.26 Å². The van der Waals surface area contributed by atoms with Crippen LogP contribution in [0, 0.1) is 0 Å². The number of H-pyrrole nitrogens is 1. The first kappa shape index (κ1) is 22.8. The third kappa shape index (κ3) is 5.59. The maximum absolute atomic E-state index is 12.3. The molecule has 0 aliphatic heterocycles. The van der Waals surface area contributed by atoms with Gasteiger partial charge in [-0.1, -0.05) is 11.6 Å². The number of hydrogen-bond donors (Lipinski definition) is 3. The molecule has 0 saturated carbocycles. The van der Waals surface area contributed by atoms with Crippen LogP contribution in [-0.4, -0.2) is 43.5 Å². The highest BCUT2D eigenvalue weighted by Crippen LogP contribution is 2.17. The van der Waals surface area contributed by atoms with Crippen LogP contribution in [0.4, 0.5) is 0 Å². The van der Waals surface area contributed by atoms with Crippen molar-refractivity contribution in [2.45, 2.75) is 19.4 Å². The average molecular weight is 490 g/mol. The van der Waals surface area contributed by atoms with Crippen molar-refractivity contribution in [2.75, 3.05) is 13.1 Å². The van der Waals surface area contributed by atoms with Gasteiger partial charge in [0.05, 0.1) is 28.3 Å². The summed E-state index contributed by atoms with van der Waals surface area (Å²) in [4.78, 5) is 28.8. The molecule has 0 unspecified atom stereocenters. The van der Waals surface area contributed by atoms with Crippen LogP contribution in [0.1, 0.15) is 27.9 Å². The minimum Gasteiger partial charge on any atom is -0.448 e. The number of aromatic amines is 1. The molecule has 1 amide bonds. The van der Waals surface area contributed by atoms with Gasteiger partial charge in [0.2, 0.25) is 0 Å². The molecule has 5 aromatic rings. The SMILES string of the molecule is O=C(NCc1ncccc1Cl)c1coc(CCNCCc2nc3ccc(-n4cccc4)cc3[nH]2)n1. The summed E-state index contributed by atoms with van der Waals surface area (Å²) in [5, 5.41) is 6.62. The molecule has 0 aliphatic carbocycles. The number of oxazole rings is 1. The molecule has 0 atom stereocenters. The van der Waals surface area contributed by atoms with Crippen molar-refractivity contribution in [2.24, 2.45) is 0 Å². The molecule has 4 aromatic heterocycles. The molecule has 4 heterocycles. The van der Waals surface area contributed by atoms with E-state index >= 15 is 0 Å². The number of hydrogen-bond acceptors (Lipinski definition) is 6. The summed E-state index contributed by atoms with van der Waals surface area (Å²) in [5.41, 5.74) is 3.89. The van der Waals surface area contributed by atoms with Gasteiger partial charge in [-0.15, -0.1) is 0 Å². The second kappa shape index (κ2) is 10.5. The fourth-order valence-corrected chi connectivity index (χ4v) is 3.88. The topological polar surface area (TPSA) is 114 Å². The van der Waals surface area contributed by atoms with Gasteiger partial charge in [-0.05, 0) is 42.5 Å². The lowest BCUT2D eigenvalue weighted by molar-refractivity contribution is 0.0945. The van der Waals surface area contributed by atoms with Gasteiger partial charge < -0.3 is 24.6 Å². The molecule has 1 aromatic carbocycles. The van der Waals surface area contributed by atoms with Crippen LogP contribution in [0.25, 0.3) is 16.7 Å². The standard InChI is InChI=1S/C25H24ClN7O2/c26-18-4-3-9-28-21(18)15-29-25(34)22-16-35-24(32-22)8-11-27-10-7-23-30-19-6-5-17(14-20(19)31-23)33-12-1-2-13-33/h1-6,9,12-14,16,27H,7-8,10-11,15H2,(H,29,34)(H,30,31). The fourth-order valence-electron chi connectivity index (χ4n) is 3.70. The molecule has 35 heavy (non-hydrogen) atoms. The molecule has 178 valence electrons. The third-order valence-electron chi connectivity index (χ3n) is 5.51. The van der Waals surface area contributed by atoms with Crippen molar-refractivity contribution in [3.8, 4) is 5.69 Å². The Labute approximate surface area is 206 Å². The van der Waals surface area contributed by atoms with Crippen molar-refractivity contribution in [3.05, 3.63) is 95.4 Å². The van der Waals surface area contributed by atoms with Crippen LogP contribution < -0.4 is 10.6 Å². The lowest BCUT2D eigenvalue weighted by Crippen LogP contribution is -2.24. The van der Waals surface area contributed by atoms with Crippen molar-refractivity contribution < 1.29 is 9.21 Å². The van der Waals surface area contributed by atoms with Crippen LogP contribution >= 0.6 is 11.6 Å². The Balaban J connectivity index is 1.06. The van der Waals surface area contributed by atoms with E-state index in [0.29, 0.717) is 29.6 Å². The summed E-state index contributed by atoms with van der Waals surface area (Å²) < 4.78 is 7.50. The molecule has 0 radical (unpaired) electrons. The van der Waals surface area contributed by atoms with E-state index in [4.69, 9.17) is 16.0 Å². The quantitative estimate of drug-likeness (QED) is 0.258. The number of imidazole rings is 1. The van der Waals surface area contributed by atoms with E-state index in [2.05, 4.69) is 47.3 Å². The van der Waals surface area contributed by atoms with E-state index in [1.54, 1.807) is 18.3 Å². The number of nitrogens with one attached hydrogen (secondary N) is 3. The molecule has 0 bridgehead atoms. The first-order valence-corrected chi connectivity index (χ1v) is 11.7. The highest BCUT2D eigenvalue weighted by molar-refractivity contribution is 6.31. The number of benzene rings is 1. The minimum absolute atomic E-state index is 0.220. The van der Waals surface area contributed by atoms with Crippen molar-refractivity contribution in [1.82, 2.24) is 35.1 Å².